The molecule has 7 heteroatoms. The van der Waals surface area contributed by atoms with Crippen LogP contribution in [0, 0.1) is 0 Å². The fourth-order valence-electron chi connectivity index (χ4n) is 7.20. The summed E-state index contributed by atoms with van der Waals surface area (Å²) < 4.78 is 5.35. The monoisotopic (exact) mass is 484 g/mol. The Kier molecular flexibility index (Phi) is 7.24. The van der Waals surface area contributed by atoms with E-state index in [1.165, 1.54) is 11.1 Å². The van der Waals surface area contributed by atoms with Crippen molar-refractivity contribution in [2.24, 2.45) is 0 Å². The molecule has 0 aromatic heterocycles. The average Bonchev–Trinajstić information content (AvgIpc) is 3.14. The number of carbonyl (C=O) groups excluding carboxylic acids is 2. The Morgan fingerprint density at radius 1 is 1.09 bits per heavy atom. The third-order valence-electron chi connectivity index (χ3n) is 9.00. The van der Waals surface area contributed by atoms with E-state index in [1.807, 2.05) is 16.7 Å². The molecule has 7 nitrogen and oxygen atoms in total. The summed E-state index contributed by atoms with van der Waals surface area (Å²) in [6.45, 7) is 8.86. The smallest absolute Gasteiger partial charge is 0.410 e. The molecule has 2 bridgehead atoms. The lowest BCUT2D eigenvalue weighted by Crippen LogP contribution is -2.58. The maximum absolute atomic E-state index is 13.0. The Morgan fingerprint density at radius 2 is 1.80 bits per heavy atom. The van der Waals surface area contributed by atoms with E-state index >= 15 is 0 Å². The Labute approximate surface area is 211 Å². The molecule has 2 unspecified atom stereocenters. The van der Waals surface area contributed by atoms with Crippen molar-refractivity contribution in [2.45, 2.75) is 95.3 Å². The summed E-state index contributed by atoms with van der Waals surface area (Å²) in [6.07, 6.45) is 8.48. The second kappa shape index (κ2) is 10.4. The zero-order valence-corrected chi connectivity index (χ0v) is 21.5. The minimum absolute atomic E-state index is 0. The van der Waals surface area contributed by atoms with Gasteiger partial charge in [0.25, 0.3) is 0 Å². The van der Waals surface area contributed by atoms with Crippen LogP contribution in [-0.2, 0) is 16.7 Å². The third kappa shape index (κ3) is 4.76. The van der Waals surface area contributed by atoms with E-state index < -0.39 is 0 Å². The number of rotatable bonds is 5. The van der Waals surface area contributed by atoms with Crippen molar-refractivity contribution < 1.29 is 15.8 Å². The van der Waals surface area contributed by atoms with Crippen LogP contribution in [0.3, 0.4) is 0 Å². The fourth-order valence-corrected chi connectivity index (χ4v) is 7.20. The number of likely N-dealkylation sites (tertiary alicyclic amines) is 1. The summed E-state index contributed by atoms with van der Waals surface area (Å²) in [5.74, 6) is 0. The Morgan fingerprint density at radius 3 is 2.49 bits per heavy atom. The van der Waals surface area contributed by atoms with E-state index in [0.29, 0.717) is 31.3 Å². The highest BCUT2D eigenvalue weighted by molar-refractivity contribution is 5.75. The van der Waals surface area contributed by atoms with Gasteiger partial charge in [-0.1, -0.05) is 37.6 Å². The van der Waals surface area contributed by atoms with E-state index in [-0.39, 0.29) is 19.0 Å². The number of hydrogen-bond acceptors (Lipinski definition) is 4. The molecule has 0 aliphatic carbocycles. The first-order valence-electron chi connectivity index (χ1n) is 13.8. The number of hydrogen-bond donors (Lipinski definition) is 1. The predicted molar refractivity (Wildman–Crippen MR) is 138 cm³/mol. The highest BCUT2D eigenvalue weighted by Gasteiger charge is 2.48. The number of carbonyl (C=O) groups is 2. The third-order valence-corrected chi connectivity index (χ3v) is 9.00. The molecule has 3 saturated heterocycles. The van der Waals surface area contributed by atoms with E-state index in [0.717, 1.165) is 77.5 Å². The molecule has 0 radical (unpaired) electrons. The first-order valence-corrected chi connectivity index (χ1v) is 13.8. The largest absolute Gasteiger partial charge is 0.450 e. The Hall–Kier alpha value is -2.28. The molecule has 4 aliphatic rings. The van der Waals surface area contributed by atoms with Gasteiger partial charge in [-0.25, -0.2) is 9.59 Å². The summed E-state index contributed by atoms with van der Waals surface area (Å²) >= 11 is 0. The van der Waals surface area contributed by atoms with Gasteiger partial charge in [-0.2, -0.15) is 0 Å². The molecular weight excluding hydrogens is 440 g/mol. The maximum atomic E-state index is 13.0. The van der Waals surface area contributed by atoms with Crippen LogP contribution in [0.4, 0.5) is 9.59 Å². The van der Waals surface area contributed by atoms with E-state index in [4.69, 9.17) is 4.74 Å². The quantitative estimate of drug-likeness (QED) is 0.613. The summed E-state index contributed by atoms with van der Waals surface area (Å²) in [5.41, 5.74) is 2.80. The first-order chi connectivity index (χ1) is 17.0. The molecule has 1 aromatic carbocycles. The van der Waals surface area contributed by atoms with Crippen LogP contribution in [-0.4, -0.2) is 77.7 Å². The van der Waals surface area contributed by atoms with Gasteiger partial charge in [0.2, 0.25) is 0 Å². The summed E-state index contributed by atoms with van der Waals surface area (Å²) in [5, 5.41) is 3.14. The van der Waals surface area contributed by atoms with Gasteiger partial charge in [0.1, 0.15) is 0 Å². The van der Waals surface area contributed by atoms with Gasteiger partial charge >= 0.3 is 12.1 Å². The van der Waals surface area contributed by atoms with Gasteiger partial charge in [-0.15, -0.1) is 0 Å². The minimum Gasteiger partial charge on any atom is -0.450 e. The van der Waals surface area contributed by atoms with Crippen LogP contribution in [0.1, 0.15) is 77.8 Å². The van der Waals surface area contributed by atoms with Crippen LogP contribution < -0.4 is 5.32 Å². The van der Waals surface area contributed by atoms with Gasteiger partial charge in [-0.3, -0.25) is 0 Å². The van der Waals surface area contributed by atoms with Crippen molar-refractivity contribution in [3.63, 3.8) is 0 Å². The molecule has 5 rings (SSSR count). The van der Waals surface area contributed by atoms with Gasteiger partial charge in [-0.05, 0) is 76.1 Å². The van der Waals surface area contributed by atoms with Gasteiger partial charge in [0.15, 0.2) is 0 Å². The molecule has 3 amide bonds. The van der Waals surface area contributed by atoms with Crippen molar-refractivity contribution in [2.75, 3.05) is 32.8 Å². The van der Waals surface area contributed by atoms with Crippen molar-refractivity contribution >= 4 is 12.1 Å². The van der Waals surface area contributed by atoms with Crippen LogP contribution in [0.5, 0.6) is 0 Å². The standard InChI is InChI=1S/C28H42N4O3.H2/c1-3-5-14-29-26(33)31-19-21-8-6-7-9-25(21)28(20-31)12-15-30(16-13-28)24-17-22-10-11-23(18-24)32(22)27(34)35-4-2;/h6-9,22-24H,3-5,10-20H2,1-2H3,(H,29,33);1H. The lowest BCUT2D eigenvalue weighted by molar-refractivity contribution is 0.0219. The number of nitrogens with zero attached hydrogens (tertiary/aromatic N) is 3. The maximum Gasteiger partial charge on any atom is 0.410 e. The molecule has 1 N–H and O–H groups in total. The molecule has 3 fully saturated rings. The minimum atomic E-state index is -0.118. The SMILES string of the molecule is CCCCNC(=O)N1Cc2ccccc2C2(CCN(C3CC4CCC(C3)N4C(=O)OCC)CC2)C1.[HH]. The van der Waals surface area contributed by atoms with Gasteiger partial charge < -0.3 is 24.8 Å². The normalized spacial score (nSPS) is 27.5. The number of unbranched alkanes of at least 4 members (excludes halogenated alkanes) is 1. The molecule has 35 heavy (non-hydrogen) atoms. The first kappa shape index (κ1) is 24.4. The Balaban J connectivity index is 0.00000304. The summed E-state index contributed by atoms with van der Waals surface area (Å²) in [6, 6.07) is 10.0. The molecule has 4 heterocycles. The van der Waals surface area contributed by atoms with Crippen LogP contribution >= 0.6 is 0 Å². The number of fused-ring (bicyclic) bond motifs is 4. The van der Waals surface area contributed by atoms with Crippen LogP contribution in [0.15, 0.2) is 24.3 Å². The van der Waals surface area contributed by atoms with E-state index in [9.17, 15) is 9.59 Å². The number of ether oxygens (including phenoxy) is 1. The zero-order chi connectivity index (χ0) is 24.4. The second-order valence-corrected chi connectivity index (χ2v) is 11.0. The lowest BCUT2D eigenvalue weighted by atomic mass is 9.68. The van der Waals surface area contributed by atoms with Crippen LogP contribution in [0.25, 0.3) is 0 Å². The topological polar surface area (TPSA) is 65.1 Å². The average molecular weight is 485 g/mol. The van der Waals surface area contributed by atoms with Gasteiger partial charge in [0.05, 0.1) is 6.61 Å². The number of benzene rings is 1. The zero-order valence-electron chi connectivity index (χ0n) is 21.5. The Bertz CT molecular complexity index is 906. The van der Waals surface area contributed by atoms with Crippen molar-refractivity contribution in [3.8, 4) is 0 Å². The fraction of sp³-hybridized carbons (Fsp3) is 0.714. The van der Waals surface area contributed by atoms with Crippen molar-refractivity contribution in [1.29, 1.82) is 0 Å². The molecule has 194 valence electrons. The highest BCUT2D eigenvalue weighted by atomic mass is 16.6. The molecule has 2 atom stereocenters. The second-order valence-electron chi connectivity index (χ2n) is 11.0. The summed E-state index contributed by atoms with van der Waals surface area (Å²) in [7, 11) is 0. The summed E-state index contributed by atoms with van der Waals surface area (Å²) in [4.78, 5) is 32.2. The predicted octanol–water partition coefficient (Wildman–Crippen LogP) is 4.74. The molecule has 0 saturated carbocycles. The number of urea groups is 1. The number of piperidine rings is 2. The lowest BCUT2D eigenvalue weighted by Gasteiger charge is -2.51. The van der Waals surface area contributed by atoms with E-state index in [1.54, 1.807) is 0 Å². The molecule has 1 aromatic rings. The van der Waals surface area contributed by atoms with Crippen molar-refractivity contribution in [1.82, 2.24) is 20.0 Å². The number of nitrogens with one attached hydrogen (secondary N) is 1. The van der Waals surface area contributed by atoms with Gasteiger partial charge in [0, 0.05) is 44.6 Å². The van der Waals surface area contributed by atoms with Crippen LogP contribution in [0.2, 0.25) is 0 Å². The van der Waals surface area contributed by atoms with Crippen molar-refractivity contribution in [3.05, 3.63) is 35.4 Å². The number of amides is 3. The molecule has 1 spiro atoms. The highest BCUT2D eigenvalue weighted by Crippen LogP contribution is 2.44. The van der Waals surface area contributed by atoms with E-state index in [2.05, 4.69) is 41.4 Å². The molecule has 4 aliphatic heterocycles. The molecular formula is C28H44N4O3.